The van der Waals surface area contributed by atoms with Crippen molar-refractivity contribution in [3.8, 4) is 11.3 Å². The Morgan fingerprint density at radius 2 is 2.00 bits per heavy atom. The first-order valence-corrected chi connectivity index (χ1v) is 6.29. The smallest absolute Gasteiger partial charge is 0.0951 e. The summed E-state index contributed by atoms with van der Waals surface area (Å²) in [6.07, 6.45) is 7.15. The van der Waals surface area contributed by atoms with Gasteiger partial charge in [0.2, 0.25) is 0 Å². The van der Waals surface area contributed by atoms with Gasteiger partial charge in [0.25, 0.3) is 0 Å². The highest BCUT2D eigenvalue weighted by molar-refractivity contribution is 5.72. The number of hydrogen-bond donors (Lipinski definition) is 1. The molecule has 0 bridgehead atoms. The Bertz CT molecular complexity index is 556. The minimum Gasteiger partial charge on any atom is -0.398 e. The molecule has 5 heteroatoms. The molecular weight excluding hydrogens is 238 g/mol. The van der Waals surface area contributed by atoms with Gasteiger partial charge in [-0.2, -0.15) is 0 Å². The van der Waals surface area contributed by atoms with E-state index in [0.717, 1.165) is 23.5 Å². The van der Waals surface area contributed by atoms with Crippen LogP contribution in [0.2, 0.25) is 0 Å². The van der Waals surface area contributed by atoms with Crippen LogP contribution >= 0.6 is 0 Å². The number of nitrogens with two attached hydrogens (primary N) is 1. The number of nitrogen functional groups attached to an aromatic ring is 1. The number of likely N-dealkylation sites (N-methyl/N-ethyl adjacent to an activating group) is 1. The summed E-state index contributed by atoms with van der Waals surface area (Å²) >= 11 is 0. The van der Waals surface area contributed by atoms with Crippen molar-refractivity contribution in [2.45, 2.75) is 25.9 Å². The van der Waals surface area contributed by atoms with Crippen molar-refractivity contribution in [1.82, 2.24) is 19.4 Å². The van der Waals surface area contributed by atoms with Gasteiger partial charge in [0, 0.05) is 35.7 Å². The first kappa shape index (κ1) is 13.5. The molecular formula is C14H21N5. The number of rotatable bonds is 4. The third-order valence-electron chi connectivity index (χ3n) is 3.61. The summed E-state index contributed by atoms with van der Waals surface area (Å²) in [5.74, 6) is 0. The highest BCUT2D eigenvalue weighted by atomic mass is 15.2. The maximum atomic E-state index is 6.01. The van der Waals surface area contributed by atoms with E-state index in [4.69, 9.17) is 5.73 Å². The van der Waals surface area contributed by atoms with E-state index >= 15 is 0 Å². The molecule has 0 aliphatic carbocycles. The third-order valence-corrected chi connectivity index (χ3v) is 3.61. The number of imidazole rings is 1. The molecule has 0 saturated heterocycles. The molecule has 0 fully saturated rings. The van der Waals surface area contributed by atoms with E-state index in [1.54, 1.807) is 12.4 Å². The van der Waals surface area contributed by atoms with Gasteiger partial charge in [0.1, 0.15) is 0 Å². The molecule has 0 radical (unpaired) electrons. The standard InChI is InChI=1S/C14H21N5/c1-14(2,18(3)4)9-19-10-17-8-13(19)11-7-16-6-5-12(11)15/h5-8,10H,9H2,1-4H3,(H2,15,16). The first-order valence-electron chi connectivity index (χ1n) is 6.29. The first-order chi connectivity index (χ1) is 8.92. The summed E-state index contributed by atoms with van der Waals surface area (Å²) in [5, 5.41) is 0. The van der Waals surface area contributed by atoms with Crippen LogP contribution in [0, 0.1) is 0 Å². The van der Waals surface area contributed by atoms with Crippen molar-refractivity contribution in [2.75, 3.05) is 19.8 Å². The quantitative estimate of drug-likeness (QED) is 0.910. The largest absolute Gasteiger partial charge is 0.398 e. The predicted molar refractivity (Wildman–Crippen MR) is 77.6 cm³/mol. The van der Waals surface area contributed by atoms with Gasteiger partial charge in [-0.25, -0.2) is 4.98 Å². The number of aromatic nitrogens is 3. The van der Waals surface area contributed by atoms with Crippen LogP contribution in [0.4, 0.5) is 5.69 Å². The van der Waals surface area contributed by atoms with Gasteiger partial charge in [-0.3, -0.25) is 4.98 Å². The molecule has 0 amide bonds. The molecule has 2 N–H and O–H groups in total. The van der Waals surface area contributed by atoms with Crippen molar-refractivity contribution in [1.29, 1.82) is 0 Å². The number of hydrogen-bond acceptors (Lipinski definition) is 4. The zero-order valence-corrected chi connectivity index (χ0v) is 12.0. The average molecular weight is 259 g/mol. The predicted octanol–water partition coefficient (Wildman–Crippen LogP) is 1.87. The van der Waals surface area contributed by atoms with Crippen molar-refractivity contribution in [3.63, 3.8) is 0 Å². The van der Waals surface area contributed by atoms with E-state index in [1.807, 2.05) is 18.6 Å². The van der Waals surface area contributed by atoms with Gasteiger partial charge in [-0.1, -0.05) is 0 Å². The Hall–Kier alpha value is -1.88. The number of pyridine rings is 1. The van der Waals surface area contributed by atoms with Gasteiger partial charge in [-0.15, -0.1) is 0 Å². The molecule has 5 nitrogen and oxygen atoms in total. The van der Waals surface area contributed by atoms with Gasteiger partial charge in [0.05, 0.1) is 18.2 Å². The van der Waals surface area contributed by atoms with Crippen LogP contribution in [-0.4, -0.2) is 39.1 Å². The number of nitrogens with zero attached hydrogens (tertiary/aromatic N) is 4. The Kier molecular flexibility index (Phi) is 3.57. The Labute approximate surface area is 114 Å². The fourth-order valence-electron chi connectivity index (χ4n) is 1.85. The van der Waals surface area contributed by atoms with E-state index in [9.17, 15) is 0 Å². The lowest BCUT2D eigenvalue weighted by Crippen LogP contribution is -2.42. The highest BCUT2D eigenvalue weighted by Gasteiger charge is 2.22. The molecule has 0 saturated carbocycles. The highest BCUT2D eigenvalue weighted by Crippen LogP contribution is 2.26. The molecule has 0 aromatic carbocycles. The van der Waals surface area contributed by atoms with Gasteiger partial charge in [0.15, 0.2) is 0 Å². The summed E-state index contributed by atoms with van der Waals surface area (Å²) < 4.78 is 2.12. The summed E-state index contributed by atoms with van der Waals surface area (Å²) in [6, 6.07) is 1.81. The molecule has 0 aliphatic heterocycles. The van der Waals surface area contributed by atoms with Crippen LogP contribution in [-0.2, 0) is 6.54 Å². The normalized spacial score (nSPS) is 12.1. The van der Waals surface area contributed by atoms with E-state index in [1.165, 1.54) is 0 Å². The molecule has 0 atom stereocenters. The monoisotopic (exact) mass is 259 g/mol. The van der Waals surface area contributed by atoms with E-state index in [0.29, 0.717) is 0 Å². The lowest BCUT2D eigenvalue weighted by molar-refractivity contribution is 0.170. The Morgan fingerprint density at radius 1 is 1.26 bits per heavy atom. The van der Waals surface area contributed by atoms with E-state index < -0.39 is 0 Å². The van der Waals surface area contributed by atoms with Crippen LogP contribution in [0.1, 0.15) is 13.8 Å². The maximum Gasteiger partial charge on any atom is 0.0951 e. The van der Waals surface area contributed by atoms with Gasteiger partial charge < -0.3 is 15.2 Å². The Morgan fingerprint density at radius 3 is 2.63 bits per heavy atom. The third kappa shape index (κ3) is 2.76. The SMILES string of the molecule is CN(C)C(C)(C)Cn1cncc1-c1cnccc1N. The lowest BCUT2D eigenvalue weighted by Gasteiger charge is -2.33. The van der Waals surface area contributed by atoms with Crippen molar-refractivity contribution in [3.05, 3.63) is 31.0 Å². The summed E-state index contributed by atoms with van der Waals surface area (Å²) in [4.78, 5) is 10.6. The van der Waals surface area contributed by atoms with Crippen LogP contribution in [0.25, 0.3) is 11.3 Å². The zero-order valence-electron chi connectivity index (χ0n) is 12.0. The van der Waals surface area contributed by atoms with Crippen LogP contribution in [0.3, 0.4) is 0 Å². The summed E-state index contributed by atoms with van der Waals surface area (Å²) in [6.45, 7) is 5.23. The molecule has 0 unspecified atom stereocenters. The molecule has 19 heavy (non-hydrogen) atoms. The van der Waals surface area contributed by atoms with Crippen LogP contribution in [0.5, 0.6) is 0 Å². The van der Waals surface area contributed by atoms with Gasteiger partial charge >= 0.3 is 0 Å². The van der Waals surface area contributed by atoms with Crippen molar-refractivity contribution >= 4 is 5.69 Å². The minimum absolute atomic E-state index is 0.0341. The minimum atomic E-state index is 0.0341. The molecule has 2 rings (SSSR count). The second-order valence-corrected chi connectivity index (χ2v) is 5.58. The van der Waals surface area contributed by atoms with Gasteiger partial charge in [-0.05, 0) is 34.0 Å². The van der Waals surface area contributed by atoms with E-state index in [-0.39, 0.29) is 5.54 Å². The summed E-state index contributed by atoms with van der Waals surface area (Å²) in [7, 11) is 4.16. The van der Waals surface area contributed by atoms with Crippen LogP contribution < -0.4 is 5.73 Å². The second-order valence-electron chi connectivity index (χ2n) is 5.58. The zero-order chi connectivity index (χ0) is 14.0. The maximum absolute atomic E-state index is 6.01. The second kappa shape index (κ2) is 5.01. The molecule has 102 valence electrons. The topological polar surface area (TPSA) is 60.0 Å². The molecule has 2 aromatic rings. The molecule has 0 spiro atoms. The molecule has 2 heterocycles. The molecule has 0 aliphatic rings. The lowest BCUT2D eigenvalue weighted by atomic mass is 10.0. The van der Waals surface area contributed by atoms with E-state index in [2.05, 4.69) is 47.4 Å². The Balaban J connectivity index is 2.36. The van der Waals surface area contributed by atoms with Crippen LogP contribution in [0.15, 0.2) is 31.0 Å². The fraction of sp³-hybridized carbons (Fsp3) is 0.429. The molecule has 2 aromatic heterocycles. The van der Waals surface area contributed by atoms with Crippen molar-refractivity contribution in [2.24, 2.45) is 0 Å². The summed E-state index contributed by atoms with van der Waals surface area (Å²) in [5.41, 5.74) is 8.69. The van der Waals surface area contributed by atoms with Crippen molar-refractivity contribution < 1.29 is 0 Å². The average Bonchev–Trinajstić information content (AvgIpc) is 2.77. The number of anilines is 1. The fourth-order valence-corrected chi connectivity index (χ4v) is 1.85.